The number of hydrogen-bond donors (Lipinski definition) is 1. The fraction of sp³-hybridized carbons (Fsp3) is 0.125. The third kappa shape index (κ3) is 3.97. The summed E-state index contributed by atoms with van der Waals surface area (Å²) in [6.45, 7) is 0.603. The van der Waals surface area contributed by atoms with Gasteiger partial charge < -0.3 is 4.98 Å². The maximum atomic E-state index is 13.5. The number of nitrogens with one attached hydrogen (secondary N) is 1. The van der Waals surface area contributed by atoms with Crippen molar-refractivity contribution in [1.82, 2.24) is 24.3 Å². The van der Waals surface area contributed by atoms with Crippen LogP contribution in [0.4, 0.5) is 4.39 Å². The van der Waals surface area contributed by atoms with Crippen molar-refractivity contribution in [3.8, 4) is 17.1 Å². The quantitative estimate of drug-likeness (QED) is 0.286. The molecule has 0 spiro atoms. The van der Waals surface area contributed by atoms with Gasteiger partial charge in [-0.25, -0.2) is 9.18 Å². The molecule has 5 aromatic rings. The van der Waals surface area contributed by atoms with Crippen molar-refractivity contribution in [2.75, 3.05) is 5.75 Å². The van der Waals surface area contributed by atoms with Crippen LogP contribution >= 0.6 is 11.8 Å². The van der Waals surface area contributed by atoms with Gasteiger partial charge >= 0.3 is 5.69 Å². The van der Waals surface area contributed by atoms with E-state index >= 15 is 0 Å². The van der Waals surface area contributed by atoms with E-state index in [4.69, 9.17) is 0 Å². The second kappa shape index (κ2) is 8.84. The number of hydrogen-bond acceptors (Lipinski definition) is 4. The van der Waals surface area contributed by atoms with E-state index in [1.54, 1.807) is 28.5 Å². The number of H-pyrrole nitrogens is 1. The highest BCUT2D eigenvalue weighted by atomic mass is 32.2. The molecule has 0 unspecified atom stereocenters. The topological polar surface area (TPSA) is 68.5 Å². The normalized spacial score (nSPS) is 11.3. The third-order valence-electron chi connectivity index (χ3n) is 5.19. The van der Waals surface area contributed by atoms with Crippen molar-refractivity contribution in [2.45, 2.75) is 18.1 Å². The third-order valence-corrected chi connectivity index (χ3v) is 6.20. The lowest BCUT2D eigenvalue weighted by Crippen LogP contribution is -2.17. The molecule has 0 saturated carbocycles. The van der Waals surface area contributed by atoms with E-state index in [9.17, 15) is 9.18 Å². The Morgan fingerprint density at radius 3 is 2.47 bits per heavy atom. The average Bonchev–Trinajstić information content (AvgIpc) is 3.38. The Hall–Kier alpha value is -3.65. The number of thioether (sulfide) groups is 1. The summed E-state index contributed by atoms with van der Waals surface area (Å²) < 4.78 is 17.2. The van der Waals surface area contributed by atoms with E-state index in [-0.39, 0.29) is 11.5 Å². The molecule has 0 aliphatic rings. The van der Waals surface area contributed by atoms with Crippen LogP contribution in [0.25, 0.3) is 28.1 Å². The Morgan fingerprint density at radius 2 is 1.66 bits per heavy atom. The molecule has 0 radical (unpaired) electrons. The molecule has 8 heteroatoms. The predicted molar refractivity (Wildman–Crippen MR) is 125 cm³/mol. The van der Waals surface area contributed by atoms with Gasteiger partial charge in [0.05, 0.1) is 11.0 Å². The molecule has 160 valence electrons. The highest BCUT2D eigenvalue weighted by molar-refractivity contribution is 7.99. The van der Waals surface area contributed by atoms with Gasteiger partial charge in [0.25, 0.3) is 0 Å². The van der Waals surface area contributed by atoms with E-state index < -0.39 is 0 Å². The fourth-order valence-electron chi connectivity index (χ4n) is 3.68. The lowest BCUT2D eigenvalue weighted by molar-refractivity contribution is 0.627. The largest absolute Gasteiger partial charge is 0.326 e. The minimum atomic E-state index is -0.290. The Bertz CT molecular complexity index is 1410. The standard InChI is InChI=1S/C24H20FN5OS/c25-18-11-13-19(14-12-18)30-22(17-7-2-1-3-8-17)27-28-24(30)32-16-6-15-29-21-10-5-4-9-20(21)26-23(29)31/h1-5,7-14H,6,15-16H2,(H,26,31). The van der Waals surface area contributed by atoms with Crippen LogP contribution in [-0.4, -0.2) is 30.1 Å². The summed E-state index contributed by atoms with van der Waals surface area (Å²) in [6.07, 6.45) is 0.781. The highest BCUT2D eigenvalue weighted by Crippen LogP contribution is 2.28. The molecule has 0 fully saturated rings. The van der Waals surface area contributed by atoms with Crippen molar-refractivity contribution in [3.63, 3.8) is 0 Å². The summed E-state index contributed by atoms with van der Waals surface area (Å²) in [5.74, 6) is 1.16. The highest BCUT2D eigenvalue weighted by Gasteiger charge is 2.16. The fourth-order valence-corrected chi connectivity index (χ4v) is 4.55. The number of aromatic amines is 1. The van der Waals surface area contributed by atoms with Crippen LogP contribution in [0, 0.1) is 5.82 Å². The summed E-state index contributed by atoms with van der Waals surface area (Å²) in [5.41, 5.74) is 3.38. The first-order valence-electron chi connectivity index (χ1n) is 10.3. The molecule has 5 rings (SSSR count). The van der Waals surface area contributed by atoms with Crippen LogP contribution in [0.5, 0.6) is 0 Å². The number of rotatable bonds is 7. The maximum Gasteiger partial charge on any atom is 0.326 e. The van der Waals surface area contributed by atoms with Crippen LogP contribution in [0.15, 0.2) is 88.8 Å². The van der Waals surface area contributed by atoms with Crippen molar-refractivity contribution in [2.24, 2.45) is 0 Å². The minimum Gasteiger partial charge on any atom is -0.306 e. The van der Waals surface area contributed by atoms with E-state index in [0.717, 1.165) is 39.6 Å². The van der Waals surface area contributed by atoms with Crippen LogP contribution < -0.4 is 5.69 Å². The number of imidazole rings is 1. The van der Waals surface area contributed by atoms with Gasteiger partial charge in [-0.15, -0.1) is 10.2 Å². The molecule has 0 amide bonds. The van der Waals surface area contributed by atoms with Crippen LogP contribution in [0.2, 0.25) is 0 Å². The Labute approximate surface area is 187 Å². The maximum absolute atomic E-state index is 13.5. The molecule has 2 aromatic heterocycles. The summed E-state index contributed by atoms with van der Waals surface area (Å²) in [5, 5.41) is 9.53. The molecular weight excluding hydrogens is 425 g/mol. The smallest absolute Gasteiger partial charge is 0.306 e. The van der Waals surface area contributed by atoms with E-state index in [1.807, 2.05) is 59.2 Å². The lowest BCUT2D eigenvalue weighted by atomic mass is 10.2. The molecule has 32 heavy (non-hydrogen) atoms. The summed E-state index contributed by atoms with van der Waals surface area (Å²) in [7, 11) is 0. The zero-order chi connectivity index (χ0) is 21.9. The van der Waals surface area contributed by atoms with Gasteiger partial charge in [0.1, 0.15) is 5.82 Å². The lowest BCUT2D eigenvalue weighted by Gasteiger charge is -2.10. The summed E-state index contributed by atoms with van der Waals surface area (Å²) in [4.78, 5) is 15.2. The predicted octanol–water partition coefficient (Wildman–Crippen LogP) is 4.90. The first-order valence-corrected chi connectivity index (χ1v) is 11.3. The zero-order valence-corrected chi connectivity index (χ0v) is 17.9. The van der Waals surface area contributed by atoms with Gasteiger partial charge in [-0.2, -0.15) is 0 Å². The molecule has 0 aliphatic carbocycles. The van der Waals surface area contributed by atoms with E-state index in [2.05, 4.69) is 15.2 Å². The Morgan fingerprint density at radius 1 is 0.906 bits per heavy atom. The van der Waals surface area contributed by atoms with E-state index in [1.165, 1.54) is 12.1 Å². The van der Waals surface area contributed by atoms with Gasteiger partial charge in [-0.3, -0.25) is 9.13 Å². The monoisotopic (exact) mass is 445 g/mol. The van der Waals surface area contributed by atoms with Crippen LogP contribution in [-0.2, 0) is 6.54 Å². The van der Waals surface area contributed by atoms with Gasteiger partial charge in [-0.05, 0) is 42.8 Å². The Kier molecular flexibility index (Phi) is 5.60. The molecule has 3 aromatic carbocycles. The van der Waals surface area contributed by atoms with Crippen molar-refractivity contribution in [1.29, 1.82) is 0 Å². The SMILES string of the molecule is O=c1[nH]c2ccccc2n1CCCSc1nnc(-c2ccccc2)n1-c1ccc(F)cc1. The molecule has 6 nitrogen and oxygen atoms in total. The zero-order valence-electron chi connectivity index (χ0n) is 17.1. The van der Waals surface area contributed by atoms with Crippen molar-refractivity contribution < 1.29 is 4.39 Å². The van der Waals surface area contributed by atoms with E-state index in [0.29, 0.717) is 12.4 Å². The number of aryl methyl sites for hydroxylation is 1. The van der Waals surface area contributed by atoms with Crippen molar-refractivity contribution in [3.05, 3.63) is 95.2 Å². The second-order valence-electron chi connectivity index (χ2n) is 7.28. The van der Waals surface area contributed by atoms with Crippen LogP contribution in [0.3, 0.4) is 0 Å². The molecule has 0 bridgehead atoms. The van der Waals surface area contributed by atoms with Crippen LogP contribution in [0.1, 0.15) is 6.42 Å². The number of para-hydroxylation sites is 2. The number of halogens is 1. The summed E-state index contributed by atoms with van der Waals surface area (Å²) in [6, 6.07) is 23.8. The molecule has 0 saturated heterocycles. The number of aromatic nitrogens is 5. The number of benzene rings is 3. The number of nitrogens with zero attached hydrogens (tertiary/aromatic N) is 4. The minimum absolute atomic E-state index is 0.1000. The molecule has 0 atom stereocenters. The summed E-state index contributed by atoms with van der Waals surface area (Å²) >= 11 is 1.56. The molecule has 2 heterocycles. The second-order valence-corrected chi connectivity index (χ2v) is 8.35. The molecular formula is C24H20FN5OS. The first-order chi connectivity index (χ1) is 15.7. The number of fused-ring (bicyclic) bond motifs is 1. The molecule has 0 aliphatic heterocycles. The average molecular weight is 446 g/mol. The van der Waals surface area contributed by atoms with Gasteiger partial charge in [0.2, 0.25) is 0 Å². The first kappa shape index (κ1) is 20.3. The molecule has 1 N–H and O–H groups in total. The Balaban J connectivity index is 1.38. The van der Waals surface area contributed by atoms with Gasteiger partial charge in [0, 0.05) is 23.5 Å². The van der Waals surface area contributed by atoms with Gasteiger partial charge in [0.15, 0.2) is 11.0 Å². The van der Waals surface area contributed by atoms with Crippen molar-refractivity contribution >= 4 is 22.8 Å². The van der Waals surface area contributed by atoms with Gasteiger partial charge in [-0.1, -0.05) is 54.2 Å².